The summed E-state index contributed by atoms with van der Waals surface area (Å²) >= 11 is -6.68. The van der Waals surface area contributed by atoms with E-state index in [1.54, 1.807) is 0 Å². The number of rotatable bonds is 18. The third-order valence-corrected chi connectivity index (χ3v) is 33.8. The second-order valence-electron chi connectivity index (χ2n) is 19.2. The number of hydrogen-bond acceptors (Lipinski definition) is 4. The van der Waals surface area contributed by atoms with E-state index in [-0.39, 0.29) is 0 Å². The van der Waals surface area contributed by atoms with Crippen LogP contribution in [0, 0.1) is 41.5 Å². The van der Waals surface area contributed by atoms with Gasteiger partial charge in [0.1, 0.15) is 0 Å². The number of hydrogen-bond donors (Lipinski definition) is 0. The molecule has 0 aliphatic rings. The predicted octanol–water partition coefficient (Wildman–Crippen LogP) is 19.1. The second-order valence-corrected chi connectivity index (χ2v) is 33.6. The fourth-order valence-electron chi connectivity index (χ4n) is 9.19. The third kappa shape index (κ3) is 10.8. The van der Waals surface area contributed by atoms with E-state index >= 15 is 3.02 Å². The van der Waals surface area contributed by atoms with Crippen molar-refractivity contribution in [3.05, 3.63) is 268 Å². The zero-order valence-corrected chi connectivity index (χ0v) is 49.2. The van der Waals surface area contributed by atoms with Crippen LogP contribution in [0.5, 0.6) is 0 Å². The summed E-state index contributed by atoms with van der Waals surface area (Å²) in [4.78, 5) is 7.97. The topological polar surface area (TPSA) is 44.8 Å². The Bertz CT molecular complexity index is 2840. The van der Waals surface area contributed by atoms with Gasteiger partial charge in [0.05, 0.1) is 0 Å². The van der Waals surface area contributed by atoms with E-state index in [0.29, 0.717) is 0 Å². The van der Waals surface area contributed by atoms with Crippen LogP contribution in [0.2, 0.25) is 0 Å². The average molecular weight is 1140 g/mol. The van der Waals surface area contributed by atoms with Gasteiger partial charge in [0.2, 0.25) is 0 Å². The Kier molecular flexibility index (Phi) is 16.4. The molecule has 0 radical (unpaired) electrons. The van der Waals surface area contributed by atoms with Crippen molar-refractivity contribution in [2.45, 2.75) is 126 Å². The van der Waals surface area contributed by atoms with Gasteiger partial charge in [-0.15, -0.1) is 0 Å². The van der Waals surface area contributed by atoms with E-state index in [4.69, 9.17) is 7.38 Å². The van der Waals surface area contributed by atoms with Crippen LogP contribution in [-0.2, 0) is 29.7 Å². The van der Waals surface area contributed by atoms with Gasteiger partial charge >= 0.3 is 455 Å². The standard InChI is InChI=1S/3C22H24OS.O.Sb/c3*1-4-19-9-15-22(16-10-19)24(23,20-11-5-17(2)6-12-20)21-13-7-18(3)8-14-21;;/h3*5-16,23H,4H2,1-3H3;;/q;;;;+3/p-3. The first-order chi connectivity index (χ1) is 35.7. The Morgan fingerprint density at radius 2 is 0.392 bits per heavy atom. The molecule has 380 valence electrons. The van der Waals surface area contributed by atoms with Gasteiger partial charge < -0.3 is 0 Å². The first-order valence-electron chi connectivity index (χ1n) is 25.6. The van der Waals surface area contributed by atoms with Crippen LogP contribution in [0.3, 0.4) is 0 Å². The van der Waals surface area contributed by atoms with Crippen molar-refractivity contribution in [3.63, 3.8) is 0 Å². The quantitative estimate of drug-likeness (QED) is 0.0803. The van der Waals surface area contributed by atoms with Crippen molar-refractivity contribution in [2.24, 2.45) is 0 Å². The first kappa shape index (κ1) is 53.4. The van der Waals surface area contributed by atoms with Gasteiger partial charge in [-0.2, -0.15) is 0 Å². The Labute approximate surface area is 451 Å². The van der Waals surface area contributed by atoms with Gasteiger partial charge in [-0.25, -0.2) is 0 Å². The van der Waals surface area contributed by atoms with E-state index in [1.807, 2.05) is 0 Å². The molecule has 0 heterocycles. The van der Waals surface area contributed by atoms with Crippen LogP contribution >= 0.6 is 30.9 Å². The Morgan fingerprint density at radius 3 is 0.527 bits per heavy atom. The summed E-state index contributed by atoms with van der Waals surface area (Å²) in [5.41, 5.74) is 10.2. The van der Waals surface area contributed by atoms with Crippen LogP contribution in [0.4, 0.5) is 0 Å². The second kappa shape index (κ2) is 22.8. The Morgan fingerprint density at radius 1 is 0.257 bits per heavy atom. The van der Waals surface area contributed by atoms with Crippen molar-refractivity contribution < 1.29 is 10.4 Å². The molecule has 0 aliphatic heterocycles. The van der Waals surface area contributed by atoms with Gasteiger partial charge in [-0.1, -0.05) is 0 Å². The molecule has 4 nitrogen and oxygen atoms in total. The van der Waals surface area contributed by atoms with E-state index in [1.165, 1.54) is 16.7 Å². The number of aryl methyl sites for hydroxylation is 9. The molecule has 0 aliphatic carbocycles. The zero-order chi connectivity index (χ0) is 52.1. The Balaban J connectivity index is 1.47. The molecule has 9 aromatic carbocycles. The molecule has 0 spiro atoms. The molecule has 0 atom stereocenters. The van der Waals surface area contributed by atoms with Crippen molar-refractivity contribution in [1.29, 1.82) is 0 Å². The molecule has 0 amide bonds. The van der Waals surface area contributed by atoms with E-state index in [0.717, 1.165) is 96.7 Å². The van der Waals surface area contributed by atoms with E-state index in [2.05, 4.69) is 281 Å². The van der Waals surface area contributed by atoms with Gasteiger partial charge in [-0.05, 0) is 0 Å². The summed E-state index contributed by atoms with van der Waals surface area (Å²) in [6.45, 7) is 19.1. The minimum atomic E-state index is -6.68. The molecule has 0 N–H and O–H groups in total. The maximum atomic E-state index is 18.7. The SMILES string of the molecule is CCc1ccc(S([O][Sb](=[O])([O]S(c2ccc(C)cc2)(c2ccc(C)cc2)c2ccc(CC)cc2)[O]S(c2ccc(C)cc2)(c2ccc(C)cc2)c2ccc(CC)cc2)(c2ccc(C)cc2)c2ccc(C)cc2)cc1. The molecule has 0 saturated heterocycles. The molecule has 0 bridgehead atoms. The predicted molar refractivity (Wildman–Crippen MR) is 311 cm³/mol. The maximum absolute atomic E-state index is 18.7. The van der Waals surface area contributed by atoms with Crippen LogP contribution in [0.15, 0.2) is 262 Å². The van der Waals surface area contributed by atoms with Gasteiger partial charge in [0.15, 0.2) is 0 Å². The third-order valence-electron chi connectivity index (χ3n) is 13.7. The molecular weight excluding hydrogens is 1070 g/mol. The molecule has 74 heavy (non-hydrogen) atoms. The Hall–Kier alpha value is -5.47. The van der Waals surface area contributed by atoms with Crippen molar-refractivity contribution in [3.8, 4) is 0 Å². The fourth-order valence-corrected chi connectivity index (χ4v) is 33.8. The summed E-state index contributed by atoms with van der Waals surface area (Å²) in [5, 5.41) is 0. The van der Waals surface area contributed by atoms with Crippen molar-refractivity contribution in [1.82, 2.24) is 0 Å². The van der Waals surface area contributed by atoms with Gasteiger partial charge in [0.25, 0.3) is 0 Å². The van der Waals surface area contributed by atoms with Crippen LogP contribution in [0.25, 0.3) is 0 Å². The molecule has 0 unspecified atom stereocenters. The fraction of sp³-hybridized carbons (Fsp3) is 0.182. The van der Waals surface area contributed by atoms with Crippen LogP contribution < -0.4 is 0 Å². The summed E-state index contributed by atoms with van der Waals surface area (Å²) in [5.74, 6) is 0. The molecule has 9 rings (SSSR count). The molecule has 9 aromatic rings. The molecule has 0 aromatic heterocycles. The monoisotopic (exact) mass is 1140 g/mol. The molecular formula is C66H69O4S3Sb. The summed E-state index contributed by atoms with van der Waals surface area (Å²) in [6, 6.07) is 77.4. The summed E-state index contributed by atoms with van der Waals surface area (Å²) in [6.07, 6.45) is 2.58. The van der Waals surface area contributed by atoms with E-state index in [9.17, 15) is 0 Å². The van der Waals surface area contributed by atoms with Crippen molar-refractivity contribution in [2.75, 3.05) is 0 Å². The van der Waals surface area contributed by atoms with Crippen LogP contribution in [-0.4, -0.2) is 20.1 Å². The van der Waals surface area contributed by atoms with Gasteiger partial charge in [-0.3, -0.25) is 0 Å². The van der Waals surface area contributed by atoms with E-state index < -0.39 is 51.0 Å². The molecule has 0 fully saturated rings. The first-order valence-corrected chi connectivity index (χ1v) is 34.5. The van der Waals surface area contributed by atoms with Crippen molar-refractivity contribution >= 4 is 51.0 Å². The zero-order valence-electron chi connectivity index (χ0n) is 44.2. The summed E-state index contributed by atoms with van der Waals surface area (Å²) < 4.78 is 43.5. The van der Waals surface area contributed by atoms with Gasteiger partial charge in [0, 0.05) is 0 Å². The van der Waals surface area contributed by atoms with Crippen LogP contribution in [0.1, 0.15) is 70.8 Å². The molecule has 0 saturated carbocycles. The normalized spacial score (nSPS) is 12.9. The minimum absolute atomic E-state index is 0.862. The number of benzene rings is 9. The summed E-state index contributed by atoms with van der Waals surface area (Å²) in [7, 11) is -8.95. The average Bonchev–Trinajstić information content (AvgIpc) is 3.43. The molecule has 8 heteroatoms.